The molecule has 1 aliphatic rings. The van der Waals surface area contributed by atoms with Crippen molar-refractivity contribution in [2.45, 2.75) is 18.9 Å². The van der Waals surface area contributed by atoms with E-state index in [0.29, 0.717) is 17.4 Å². The quantitative estimate of drug-likeness (QED) is 0.863. The largest absolute Gasteiger partial charge is 0.398 e. The Kier molecular flexibility index (Phi) is 3.05. The molecule has 2 N–H and O–H groups in total. The summed E-state index contributed by atoms with van der Waals surface area (Å²) in [5.41, 5.74) is 7.28. The fourth-order valence-corrected chi connectivity index (χ4v) is 2.19. The lowest BCUT2D eigenvalue weighted by atomic mass is 10.2. The molecular weight excluding hydrogens is 298 g/mol. The molecule has 1 aliphatic heterocycles. The molecule has 1 aromatic heterocycles. The van der Waals surface area contributed by atoms with Gasteiger partial charge in [0.2, 0.25) is 5.82 Å². The number of hydrogen-bond acceptors (Lipinski definition) is 5. The lowest BCUT2D eigenvalue weighted by Crippen LogP contribution is -1.97. The van der Waals surface area contributed by atoms with Gasteiger partial charge in [-0.15, -0.1) is 0 Å². The van der Waals surface area contributed by atoms with Crippen LogP contribution >= 0.6 is 15.9 Å². The number of rotatable bonds is 2. The Morgan fingerprint density at radius 2 is 2.28 bits per heavy atom. The fraction of sp³-hybridized carbons (Fsp3) is 0.333. The summed E-state index contributed by atoms with van der Waals surface area (Å²) in [6.45, 7) is 0.764. The second-order valence-electron chi connectivity index (χ2n) is 4.20. The molecule has 1 saturated heterocycles. The topological polar surface area (TPSA) is 74.2 Å². The summed E-state index contributed by atoms with van der Waals surface area (Å²) in [4.78, 5) is 4.36. The monoisotopic (exact) mass is 309 g/mol. The van der Waals surface area contributed by atoms with E-state index >= 15 is 0 Å². The van der Waals surface area contributed by atoms with Crippen molar-refractivity contribution in [2.24, 2.45) is 0 Å². The van der Waals surface area contributed by atoms with Crippen molar-refractivity contribution in [3.05, 3.63) is 28.5 Å². The zero-order chi connectivity index (χ0) is 12.5. The van der Waals surface area contributed by atoms with Crippen LogP contribution in [0.5, 0.6) is 0 Å². The van der Waals surface area contributed by atoms with Crippen LogP contribution in [0.25, 0.3) is 11.5 Å². The third-order valence-electron chi connectivity index (χ3n) is 2.90. The van der Waals surface area contributed by atoms with Crippen LogP contribution in [-0.4, -0.2) is 16.7 Å². The van der Waals surface area contributed by atoms with Crippen molar-refractivity contribution in [2.75, 3.05) is 12.3 Å². The molecule has 2 aromatic rings. The van der Waals surface area contributed by atoms with Gasteiger partial charge >= 0.3 is 0 Å². The van der Waals surface area contributed by atoms with Crippen molar-refractivity contribution in [1.29, 1.82) is 0 Å². The van der Waals surface area contributed by atoms with Gasteiger partial charge in [0, 0.05) is 22.3 Å². The van der Waals surface area contributed by atoms with Crippen molar-refractivity contribution < 1.29 is 9.26 Å². The number of hydrogen-bond donors (Lipinski definition) is 1. The van der Waals surface area contributed by atoms with E-state index in [1.165, 1.54) is 0 Å². The van der Waals surface area contributed by atoms with Crippen LogP contribution in [0.4, 0.5) is 5.69 Å². The zero-order valence-electron chi connectivity index (χ0n) is 9.60. The standard InChI is InChI=1S/C12H12BrN3O2/c13-8-4-3-7(6-9(8)14)12-15-11(16-18-12)10-2-1-5-17-10/h3-4,6,10H,1-2,5,14H2. The van der Waals surface area contributed by atoms with Gasteiger partial charge < -0.3 is 15.0 Å². The Hall–Kier alpha value is -1.40. The Labute approximate surface area is 112 Å². The molecule has 0 spiro atoms. The molecule has 94 valence electrons. The molecule has 1 unspecified atom stereocenters. The van der Waals surface area contributed by atoms with Crippen LogP contribution in [-0.2, 0) is 4.74 Å². The summed E-state index contributed by atoms with van der Waals surface area (Å²) < 4.78 is 11.6. The van der Waals surface area contributed by atoms with Gasteiger partial charge in [-0.2, -0.15) is 4.98 Å². The minimum Gasteiger partial charge on any atom is -0.398 e. The molecule has 1 fully saturated rings. The summed E-state index contributed by atoms with van der Waals surface area (Å²) in [7, 11) is 0. The van der Waals surface area contributed by atoms with Gasteiger partial charge in [-0.1, -0.05) is 5.16 Å². The number of anilines is 1. The lowest BCUT2D eigenvalue weighted by molar-refractivity contribution is 0.103. The van der Waals surface area contributed by atoms with Crippen LogP contribution in [0.2, 0.25) is 0 Å². The van der Waals surface area contributed by atoms with Gasteiger partial charge in [0.25, 0.3) is 5.89 Å². The average molecular weight is 310 g/mol. The Morgan fingerprint density at radius 1 is 1.39 bits per heavy atom. The van der Waals surface area contributed by atoms with Crippen molar-refractivity contribution in [1.82, 2.24) is 10.1 Å². The highest BCUT2D eigenvalue weighted by atomic mass is 79.9. The number of nitrogens with zero attached hydrogens (tertiary/aromatic N) is 2. The van der Waals surface area contributed by atoms with Crippen molar-refractivity contribution in [3.63, 3.8) is 0 Å². The molecule has 0 aliphatic carbocycles. The molecule has 3 rings (SSSR count). The normalized spacial score (nSPS) is 19.3. The van der Waals surface area contributed by atoms with Gasteiger partial charge in [0.15, 0.2) is 0 Å². The minimum absolute atomic E-state index is 0.0321. The summed E-state index contributed by atoms with van der Waals surface area (Å²) in [5.74, 6) is 1.09. The van der Waals surface area contributed by atoms with Crippen LogP contribution in [0.15, 0.2) is 27.2 Å². The maximum absolute atomic E-state index is 5.83. The summed E-state index contributed by atoms with van der Waals surface area (Å²) >= 11 is 3.35. The molecule has 6 heteroatoms. The van der Waals surface area contributed by atoms with Crippen LogP contribution in [0.3, 0.4) is 0 Å². The number of halogens is 1. The Morgan fingerprint density at radius 3 is 3.00 bits per heavy atom. The molecule has 2 heterocycles. The molecule has 18 heavy (non-hydrogen) atoms. The van der Waals surface area contributed by atoms with Gasteiger partial charge in [-0.3, -0.25) is 0 Å². The number of aromatic nitrogens is 2. The molecule has 5 nitrogen and oxygen atoms in total. The molecule has 1 atom stereocenters. The first kappa shape index (κ1) is 11.7. The summed E-state index contributed by atoms with van der Waals surface area (Å²) in [6.07, 6.45) is 1.96. The molecular formula is C12H12BrN3O2. The average Bonchev–Trinajstić information content (AvgIpc) is 3.01. The first-order valence-corrected chi connectivity index (χ1v) is 6.54. The van der Waals surface area contributed by atoms with E-state index in [1.807, 2.05) is 12.1 Å². The van der Waals surface area contributed by atoms with Gasteiger partial charge in [-0.05, 0) is 47.0 Å². The first-order chi connectivity index (χ1) is 8.74. The summed E-state index contributed by atoms with van der Waals surface area (Å²) in [6, 6.07) is 5.55. The predicted octanol–water partition coefficient (Wildman–Crippen LogP) is 2.93. The lowest BCUT2D eigenvalue weighted by Gasteiger charge is -2.01. The van der Waals surface area contributed by atoms with Crippen LogP contribution in [0, 0.1) is 0 Å². The SMILES string of the molecule is Nc1cc(-c2nc(C3CCCO3)no2)ccc1Br. The number of nitrogen functional groups attached to an aromatic ring is 1. The fourth-order valence-electron chi connectivity index (χ4n) is 1.94. The van der Waals surface area contributed by atoms with E-state index < -0.39 is 0 Å². The van der Waals surface area contributed by atoms with Gasteiger partial charge in [0.05, 0.1) is 0 Å². The van der Waals surface area contributed by atoms with Crippen molar-refractivity contribution in [3.8, 4) is 11.5 Å². The number of nitrogens with two attached hydrogens (primary N) is 1. The minimum atomic E-state index is -0.0321. The van der Waals surface area contributed by atoms with Gasteiger partial charge in [0.1, 0.15) is 6.10 Å². The van der Waals surface area contributed by atoms with E-state index in [0.717, 1.165) is 29.5 Å². The second-order valence-corrected chi connectivity index (χ2v) is 5.05. The van der Waals surface area contributed by atoms with Crippen LogP contribution < -0.4 is 5.73 Å². The molecule has 0 radical (unpaired) electrons. The van der Waals surface area contributed by atoms with Crippen molar-refractivity contribution >= 4 is 21.6 Å². The highest BCUT2D eigenvalue weighted by Gasteiger charge is 2.23. The molecule has 0 bridgehead atoms. The predicted molar refractivity (Wildman–Crippen MR) is 69.8 cm³/mol. The van der Waals surface area contributed by atoms with E-state index in [2.05, 4.69) is 26.1 Å². The maximum Gasteiger partial charge on any atom is 0.258 e. The third kappa shape index (κ3) is 2.13. The Bertz CT molecular complexity index is 564. The molecule has 0 amide bonds. The van der Waals surface area contributed by atoms with E-state index in [-0.39, 0.29) is 6.10 Å². The highest BCUT2D eigenvalue weighted by molar-refractivity contribution is 9.10. The molecule has 1 aromatic carbocycles. The van der Waals surface area contributed by atoms with Crippen LogP contribution in [0.1, 0.15) is 24.8 Å². The summed E-state index contributed by atoms with van der Waals surface area (Å²) in [5, 5.41) is 3.96. The third-order valence-corrected chi connectivity index (χ3v) is 3.62. The van der Waals surface area contributed by atoms with E-state index in [1.54, 1.807) is 6.07 Å². The maximum atomic E-state index is 5.83. The van der Waals surface area contributed by atoms with E-state index in [9.17, 15) is 0 Å². The second kappa shape index (κ2) is 4.70. The van der Waals surface area contributed by atoms with Gasteiger partial charge in [-0.25, -0.2) is 0 Å². The smallest absolute Gasteiger partial charge is 0.258 e. The Balaban J connectivity index is 1.89. The van der Waals surface area contributed by atoms with E-state index in [4.69, 9.17) is 15.0 Å². The number of ether oxygens (including phenoxy) is 1. The highest BCUT2D eigenvalue weighted by Crippen LogP contribution is 2.30. The first-order valence-electron chi connectivity index (χ1n) is 5.74. The number of benzene rings is 1. The zero-order valence-corrected chi connectivity index (χ0v) is 11.2. The molecule has 0 saturated carbocycles.